The van der Waals surface area contributed by atoms with E-state index in [1.165, 1.54) is 5.56 Å². The van der Waals surface area contributed by atoms with E-state index in [1.54, 1.807) is 6.20 Å². The molecule has 0 spiro atoms. The zero-order valence-corrected chi connectivity index (χ0v) is 9.36. The number of hydrogen-bond acceptors (Lipinski definition) is 2. The van der Waals surface area contributed by atoms with E-state index in [4.69, 9.17) is 0 Å². The Morgan fingerprint density at radius 2 is 2.27 bits per heavy atom. The van der Waals surface area contributed by atoms with Gasteiger partial charge in [0, 0.05) is 25.2 Å². The molecule has 0 aromatic carbocycles. The molecule has 0 aliphatic heterocycles. The van der Waals surface area contributed by atoms with Gasteiger partial charge in [-0.2, -0.15) is 0 Å². The fourth-order valence-electron chi connectivity index (χ4n) is 2.39. The molecule has 15 heavy (non-hydrogen) atoms. The summed E-state index contributed by atoms with van der Waals surface area (Å²) in [6.07, 6.45) is 6.08. The Hall–Kier alpha value is -1.18. The van der Waals surface area contributed by atoms with Crippen LogP contribution >= 0.6 is 0 Å². The predicted octanol–water partition coefficient (Wildman–Crippen LogP) is 2.94. The van der Waals surface area contributed by atoms with Crippen molar-refractivity contribution in [3.05, 3.63) is 30.1 Å². The van der Waals surface area contributed by atoms with E-state index in [9.17, 15) is 4.79 Å². The largest absolute Gasteiger partial charge is 0.300 e. The highest BCUT2D eigenvalue weighted by Gasteiger charge is 2.36. The Morgan fingerprint density at radius 3 is 2.93 bits per heavy atom. The SMILES string of the molecule is CC1(C)CCC(=O)CC1c1cccnc1. The van der Waals surface area contributed by atoms with Gasteiger partial charge in [0.2, 0.25) is 0 Å². The molecule has 1 aliphatic rings. The van der Waals surface area contributed by atoms with Crippen molar-refractivity contribution in [3.63, 3.8) is 0 Å². The third kappa shape index (κ3) is 2.09. The van der Waals surface area contributed by atoms with Crippen LogP contribution in [0.2, 0.25) is 0 Å². The molecule has 2 nitrogen and oxygen atoms in total. The van der Waals surface area contributed by atoms with Gasteiger partial charge in [-0.3, -0.25) is 9.78 Å². The molecule has 1 aromatic rings. The topological polar surface area (TPSA) is 30.0 Å². The van der Waals surface area contributed by atoms with E-state index in [0.29, 0.717) is 18.1 Å². The molecule has 1 aromatic heterocycles. The van der Waals surface area contributed by atoms with Crippen molar-refractivity contribution < 1.29 is 4.79 Å². The second kappa shape index (κ2) is 3.76. The Balaban J connectivity index is 2.29. The number of Topliss-reactive ketones (excluding diaryl/α,β-unsaturated/α-hetero) is 1. The number of carbonyl (C=O) groups excluding carboxylic acids is 1. The lowest BCUT2D eigenvalue weighted by Gasteiger charge is -2.38. The summed E-state index contributed by atoms with van der Waals surface area (Å²) in [6.45, 7) is 4.49. The molecule has 0 bridgehead atoms. The minimum atomic E-state index is 0.219. The molecular weight excluding hydrogens is 186 g/mol. The van der Waals surface area contributed by atoms with Gasteiger partial charge < -0.3 is 0 Å². The summed E-state index contributed by atoms with van der Waals surface area (Å²) in [4.78, 5) is 15.7. The summed E-state index contributed by atoms with van der Waals surface area (Å²) in [5.74, 6) is 0.732. The molecule has 1 fully saturated rings. The summed E-state index contributed by atoms with van der Waals surface area (Å²) in [5.41, 5.74) is 1.42. The summed E-state index contributed by atoms with van der Waals surface area (Å²) >= 11 is 0. The lowest BCUT2D eigenvalue weighted by Crippen LogP contribution is -2.30. The smallest absolute Gasteiger partial charge is 0.133 e. The minimum Gasteiger partial charge on any atom is -0.300 e. The van der Waals surface area contributed by atoms with E-state index >= 15 is 0 Å². The molecule has 1 heterocycles. The quantitative estimate of drug-likeness (QED) is 0.702. The van der Waals surface area contributed by atoms with Crippen LogP contribution in [-0.4, -0.2) is 10.8 Å². The van der Waals surface area contributed by atoms with Gasteiger partial charge in [0.25, 0.3) is 0 Å². The molecule has 0 amide bonds. The zero-order valence-electron chi connectivity index (χ0n) is 9.36. The van der Waals surface area contributed by atoms with E-state index in [1.807, 2.05) is 12.3 Å². The van der Waals surface area contributed by atoms with Crippen molar-refractivity contribution >= 4 is 5.78 Å². The second-order valence-corrected chi connectivity index (χ2v) is 5.07. The van der Waals surface area contributed by atoms with Crippen LogP contribution in [-0.2, 0) is 4.79 Å². The lowest BCUT2D eigenvalue weighted by atomic mass is 9.66. The Labute approximate surface area is 90.7 Å². The summed E-state index contributed by atoms with van der Waals surface area (Å²) in [5, 5.41) is 0. The average Bonchev–Trinajstić information content (AvgIpc) is 2.23. The first-order chi connectivity index (χ1) is 7.09. The van der Waals surface area contributed by atoms with Gasteiger partial charge in [-0.1, -0.05) is 19.9 Å². The van der Waals surface area contributed by atoms with Crippen LogP contribution in [0.5, 0.6) is 0 Å². The average molecular weight is 203 g/mol. The van der Waals surface area contributed by atoms with Crippen LogP contribution in [0, 0.1) is 5.41 Å². The van der Waals surface area contributed by atoms with Crippen LogP contribution in [0.1, 0.15) is 44.6 Å². The Kier molecular flexibility index (Phi) is 2.59. The molecule has 1 unspecified atom stereocenters. The fourth-order valence-corrected chi connectivity index (χ4v) is 2.39. The third-order valence-corrected chi connectivity index (χ3v) is 3.51. The first kappa shape index (κ1) is 10.3. The van der Waals surface area contributed by atoms with Gasteiger partial charge in [0.15, 0.2) is 0 Å². The number of carbonyl (C=O) groups is 1. The molecule has 0 N–H and O–H groups in total. The molecule has 1 aliphatic carbocycles. The summed E-state index contributed by atoms with van der Waals surface area (Å²) in [7, 11) is 0. The molecule has 2 heteroatoms. The number of pyridine rings is 1. The lowest BCUT2D eigenvalue weighted by molar-refractivity contribution is -0.122. The van der Waals surface area contributed by atoms with Crippen LogP contribution in [0.4, 0.5) is 0 Å². The monoisotopic (exact) mass is 203 g/mol. The van der Waals surface area contributed by atoms with Crippen molar-refractivity contribution in [3.8, 4) is 0 Å². The molecule has 2 rings (SSSR count). The molecule has 0 radical (unpaired) electrons. The van der Waals surface area contributed by atoms with Crippen molar-refractivity contribution in [1.82, 2.24) is 4.98 Å². The van der Waals surface area contributed by atoms with Gasteiger partial charge in [-0.15, -0.1) is 0 Å². The minimum absolute atomic E-state index is 0.219. The van der Waals surface area contributed by atoms with E-state index < -0.39 is 0 Å². The van der Waals surface area contributed by atoms with Crippen LogP contribution in [0.25, 0.3) is 0 Å². The molecular formula is C13H17NO. The zero-order chi connectivity index (χ0) is 10.9. The first-order valence-corrected chi connectivity index (χ1v) is 5.51. The van der Waals surface area contributed by atoms with Crippen molar-refractivity contribution in [2.24, 2.45) is 5.41 Å². The standard InChI is InChI=1S/C13H17NO/c1-13(2)6-5-11(15)8-12(13)10-4-3-7-14-9-10/h3-4,7,9,12H,5-6,8H2,1-2H3. The highest BCUT2D eigenvalue weighted by molar-refractivity contribution is 5.80. The Bertz CT molecular complexity index is 356. The van der Waals surface area contributed by atoms with Crippen molar-refractivity contribution in [2.75, 3.05) is 0 Å². The third-order valence-electron chi connectivity index (χ3n) is 3.51. The van der Waals surface area contributed by atoms with Gasteiger partial charge in [0.05, 0.1) is 0 Å². The van der Waals surface area contributed by atoms with Crippen LogP contribution in [0.3, 0.4) is 0 Å². The summed E-state index contributed by atoms with van der Waals surface area (Å²) < 4.78 is 0. The van der Waals surface area contributed by atoms with Crippen LogP contribution in [0.15, 0.2) is 24.5 Å². The van der Waals surface area contributed by atoms with Gasteiger partial charge >= 0.3 is 0 Å². The normalized spacial score (nSPS) is 25.2. The molecule has 1 saturated carbocycles. The van der Waals surface area contributed by atoms with Crippen LogP contribution < -0.4 is 0 Å². The second-order valence-electron chi connectivity index (χ2n) is 5.07. The van der Waals surface area contributed by atoms with Gasteiger partial charge in [-0.05, 0) is 29.4 Å². The maximum absolute atomic E-state index is 11.5. The maximum Gasteiger partial charge on any atom is 0.133 e. The number of rotatable bonds is 1. The molecule has 1 atom stereocenters. The van der Waals surface area contributed by atoms with Crippen molar-refractivity contribution in [1.29, 1.82) is 0 Å². The highest BCUT2D eigenvalue weighted by Crippen LogP contribution is 2.45. The van der Waals surface area contributed by atoms with Gasteiger partial charge in [-0.25, -0.2) is 0 Å². The fraction of sp³-hybridized carbons (Fsp3) is 0.538. The number of aromatic nitrogens is 1. The summed E-state index contributed by atoms with van der Waals surface area (Å²) in [6, 6.07) is 4.03. The predicted molar refractivity (Wildman–Crippen MR) is 59.6 cm³/mol. The Morgan fingerprint density at radius 1 is 1.47 bits per heavy atom. The first-order valence-electron chi connectivity index (χ1n) is 5.51. The number of ketones is 1. The number of hydrogen-bond donors (Lipinski definition) is 0. The number of nitrogens with zero attached hydrogens (tertiary/aromatic N) is 1. The van der Waals surface area contributed by atoms with E-state index in [-0.39, 0.29) is 5.41 Å². The van der Waals surface area contributed by atoms with Gasteiger partial charge in [0.1, 0.15) is 5.78 Å². The molecule has 80 valence electrons. The highest BCUT2D eigenvalue weighted by atomic mass is 16.1. The van der Waals surface area contributed by atoms with Crippen molar-refractivity contribution in [2.45, 2.75) is 39.0 Å². The molecule has 0 saturated heterocycles. The van der Waals surface area contributed by atoms with E-state index in [0.717, 1.165) is 12.8 Å². The van der Waals surface area contributed by atoms with E-state index in [2.05, 4.69) is 24.9 Å². The maximum atomic E-state index is 11.5.